The summed E-state index contributed by atoms with van der Waals surface area (Å²) in [5.74, 6) is 0.942. The highest BCUT2D eigenvalue weighted by Gasteiger charge is 2.16. The third-order valence-corrected chi connectivity index (χ3v) is 5.69. The van der Waals surface area contributed by atoms with Crippen LogP contribution in [-0.4, -0.2) is 63.8 Å². The van der Waals surface area contributed by atoms with Crippen LogP contribution in [0.5, 0.6) is 11.5 Å². The van der Waals surface area contributed by atoms with Gasteiger partial charge in [-0.1, -0.05) is 29.8 Å². The highest BCUT2D eigenvalue weighted by Crippen LogP contribution is 2.36. The molecule has 1 aliphatic rings. The number of para-hydroxylation sites is 1. The van der Waals surface area contributed by atoms with Crippen molar-refractivity contribution in [2.45, 2.75) is 13.3 Å². The first kappa shape index (κ1) is 24.0. The number of benzene rings is 2. The summed E-state index contributed by atoms with van der Waals surface area (Å²) in [6.07, 6.45) is 4.17. The van der Waals surface area contributed by atoms with E-state index in [2.05, 4.69) is 39.4 Å². The van der Waals surface area contributed by atoms with Gasteiger partial charge in [-0.25, -0.2) is 0 Å². The summed E-state index contributed by atoms with van der Waals surface area (Å²) >= 11 is 6.28. The molecule has 1 amide bonds. The van der Waals surface area contributed by atoms with Crippen molar-refractivity contribution in [2.24, 2.45) is 0 Å². The Kier molecular flexibility index (Phi) is 9.26. The number of carbonyl (C=O) groups is 1. The topological polar surface area (TPSA) is 54.0 Å². The van der Waals surface area contributed by atoms with E-state index in [0.717, 1.165) is 44.7 Å². The molecule has 0 aromatic heterocycles. The Hall–Kier alpha value is -2.70. The van der Waals surface area contributed by atoms with Gasteiger partial charge in [0.2, 0.25) is 5.91 Å². The second-order valence-corrected chi connectivity index (χ2v) is 8.02. The van der Waals surface area contributed by atoms with Crippen molar-refractivity contribution in [3.63, 3.8) is 0 Å². The molecule has 0 spiro atoms. The number of methoxy groups -OCH3 is 1. The van der Waals surface area contributed by atoms with Gasteiger partial charge in [0.25, 0.3) is 0 Å². The number of anilines is 1. The number of rotatable bonds is 10. The molecule has 0 bridgehead atoms. The normalized spacial score (nSPS) is 14.5. The zero-order valence-electron chi connectivity index (χ0n) is 18.9. The quantitative estimate of drug-likeness (QED) is 0.430. The number of nitrogens with zero attached hydrogens (tertiary/aromatic N) is 2. The van der Waals surface area contributed by atoms with Gasteiger partial charge in [-0.2, -0.15) is 0 Å². The molecule has 0 radical (unpaired) electrons. The maximum atomic E-state index is 12.2. The Morgan fingerprint density at radius 2 is 1.91 bits per heavy atom. The van der Waals surface area contributed by atoms with Crippen molar-refractivity contribution in [2.75, 3.05) is 57.9 Å². The molecule has 0 aliphatic carbocycles. The average molecular weight is 458 g/mol. The summed E-state index contributed by atoms with van der Waals surface area (Å²) < 4.78 is 10.9. The lowest BCUT2D eigenvalue weighted by molar-refractivity contribution is -0.116. The Morgan fingerprint density at radius 1 is 1.16 bits per heavy atom. The second kappa shape index (κ2) is 12.4. The molecule has 172 valence electrons. The summed E-state index contributed by atoms with van der Waals surface area (Å²) in [7, 11) is 1.57. The molecule has 0 saturated carbocycles. The maximum Gasteiger partial charge on any atom is 0.243 e. The van der Waals surface area contributed by atoms with Crippen LogP contribution in [0.4, 0.5) is 5.69 Å². The Bertz CT molecular complexity index is 897. The van der Waals surface area contributed by atoms with Crippen molar-refractivity contribution in [3.8, 4) is 11.5 Å². The third kappa shape index (κ3) is 6.90. The largest absolute Gasteiger partial charge is 0.493 e. The van der Waals surface area contributed by atoms with Crippen LogP contribution in [-0.2, 0) is 4.79 Å². The SMILES string of the molecule is CCOc1c(Cl)cc(/C=C/C(=O)NCCCN2CCN(c3ccccc3)CC2)cc1OC. The van der Waals surface area contributed by atoms with Gasteiger partial charge in [-0.3, -0.25) is 9.69 Å². The molecule has 1 N–H and O–H groups in total. The summed E-state index contributed by atoms with van der Waals surface area (Å²) in [6.45, 7) is 8.18. The van der Waals surface area contributed by atoms with Crippen molar-refractivity contribution in [1.29, 1.82) is 0 Å². The number of hydrogen-bond acceptors (Lipinski definition) is 5. The van der Waals surface area contributed by atoms with Gasteiger partial charge in [0.1, 0.15) is 0 Å². The minimum atomic E-state index is -0.122. The maximum absolute atomic E-state index is 12.2. The molecule has 7 heteroatoms. The predicted octanol–water partition coefficient (Wildman–Crippen LogP) is 4.09. The van der Waals surface area contributed by atoms with Crippen LogP contribution in [0.2, 0.25) is 5.02 Å². The van der Waals surface area contributed by atoms with E-state index in [4.69, 9.17) is 21.1 Å². The zero-order valence-corrected chi connectivity index (χ0v) is 19.6. The molecule has 1 saturated heterocycles. The van der Waals surface area contributed by atoms with Gasteiger partial charge in [0.05, 0.1) is 18.7 Å². The predicted molar refractivity (Wildman–Crippen MR) is 131 cm³/mol. The first-order valence-electron chi connectivity index (χ1n) is 11.1. The smallest absolute Gasteiger partial charge is 0.243 e. The molecule has 0 atom stereocenters. The number of halogens is 1. The minimum absolute atomic E-state index is 0.122. The van der Waals surface area contributed by atoms with Crippen molar-refractivity contribution >= 4 is 29.3 Å². The van der Waals surface area contributed by atoms with Crippen LogP contribution in [0, 0.1) is 0 Å². The fraction of sp³-hybridized carbons (Fsp3) is 0.400. The van der Waals surface area contributed by atoms with Crippen LogP contribution in [0.15, 0.2) is 48.5 Å². The van der Waals surface area contributed by atoms with Gasteiger partial charge < -0.3 is 19.7 Å². The zero-order chi connectivity index (χ0) is 22.8. The Labute approximate surface area is 195 Å². The standard InChI is InChI=1S/C25H32ClN3O3/c1-3-32-25-22(26)18-20(19-23(25)31-2)10-11-24(30)27-12-7-13-28-14-16-29(17-15-28)21-8-5-4-6-9-21/h4-6,8-11,18-19H,3,7,12-17H2,1-2H3,(H,27,30)/b11-10+. The highest BCUT2D eigenvalue weighted by atomic mass is 35.5. The summed E-state index contributed by atoms with van der Waals surface area (Å²) in [5, 5.41) is 3.41. The van der Waals surface area contributed by atoms with E-state index in [1.165, 1.54) is 11.8 Å². The van der Waals surface area contributed by atoms with Crippen LogP contribution >= 0.6 is 11.6 Å². The molecule has 1 aliphatic heterocycles. The van der Waals surface area contributed by atoms with E-state index in [1.54, 1.807) is 25.3 Å². The van der Waals surface area contributed by atoms with Gasteiger partial charge >= 0.3 is 0 Å². The van der Waals surface area contributed by atoms with Crippen LogP contribution in [0.25, 0.3) is 6.08 Å². The number of amides is 1. The number of ether oxygens (including phenoxy) is 2. The monoisotopic (exact) mass is 457 g/mol. The molecule has 0 unspecified atom stereocenters. The minimum Gasteiger partial charge on any atom is -0.493 e. The Morgan fingerprint density at radius 3 is 2.59 bits per heavy atom. The summed E-state index contributed by atoms with van der Waals surface area (Å²) in [5.41, 5.74) is 2.07. The van der Waals surface area contributed by atoms with Crippen molar-refractivity contribution < 1.29 is 14.3 Å². The van der Waals surface area contributed by atoms with Crippen LogP contribution < -0.4 is 19.7 Å². The molecule has 1 heterocycles. The number of carbonyl (C=O) groups excluding carboxylic acids is 1. The molecular weight excluding hydrogens is 426 g/mol. The lowest BCUT2D eigenvalue weighted by Crippen LogP contribution is -2.47. The number of hydrogen-bond donors (Lipinski definition) is 1. The van der Waals surface area contributed by atoms with E-state index in [9.17, 15) is 4.79 Å². The lowest BCUT2D eigenvalue weighted by Gasteiger charge is -2.36. The van der Waals surface area contributed by atoms with Crippen LogP contribution in [0.1, 0.15) is 18.9 Å². The van der Waals surface area contributed by atoms with E-state index in [1.807, 2.05) is 13.0 Å². The van der Waals surface area contributed by atoms with E-state index < -0.39 is 0 Å². The van der Waals surface area contributed by atoms with E-state index in [-0.39, 0.29) is 5.91 Å². The molecule has 2 aromatic carbocycles. The van der Waals surface area contributed by atoms with Crippen molar-refractivity contribution in [1.82, 2.24) is 10.2 Å². The van der Waals surface area contributed by atoms with Gasteiger partial charge in [0, 0.05) is 44.5 Å². The van der Waals surface area contributed by atoms with E-state index >= 15 is 0 Å². The average Bonchev–Trinajstić information content (AvgIpc) is 2.83. The molecule has 3 rings (SSSR count). The number of piperazine rings is 1. The second-order valence-electron chi connectivity index (χ2n) is 7.61. The third-order valence-electron chi connectivity index (χ3n) is 5.41. The van der Waals surface area contributed by atoms with E-state index in [0.29, 0.717) is 29.7 Å². The Balaban J connectivity index is 1.38. The molecule has 6 nitrogen and oxygen atoms in total. The molecular formula is C25H32ClN3O3. The molecule has 2 aromatic rings. The fourth-order valence-corrected chi connectivity index (χ4v) is 4.01. The summed E-state index contributed by atoms with van der Waals surface area (Å²) in [4.78, 5) is 17.0. The van der Waals surface area contributed by atoms with Crippen molar-refractivity contribution in [3.05, 3.63) is 59.1 Å². The van der Waals surface area contributed by atoms with Crippen LogP contribution in [0.3, 0.4) is 0 Å². The van der Waals surface area contributed by atoms with Gasteiger partial charge in [-0.05, 0) is 55.8 Å². The lowest BCUT2D eigenvalue weighted by atomic mass is 10.2. The number of nitrogens with one attached hydrogen (secondary N) is 1. The van der Waals surface area contributed by atoms with Gasteiger partial charge in [-0.15, -0.1) is 0 Å². The van der Waals surface area contributed by atoms with Gasteiger partial charge in [0.15, 0.2) is 11.5 Å². The fourth-order valence-electron chi connectivity index (χ4n) is 3.73. The molecule has 1 fully saturated rings. The highest BCUT2D eigenvalue weighted by molar-refractivity contribution is 6.32. The first-order valence-corrected chi connectivity index (χ1v) is 11.5. The molecule has 32 heavy (non-hydrogen) atoms. The summed E-state index contributed by atoms with van der Waals surface area (Å²) in [6, 6.07) is 14.1. The first-order chi connectivity index (χ1) is 15.6.